The van der Waals surface area contributed by atoms with Crippen molar-refractivity contribution in [3.05, 3.63) is 36.0 Å². The number of amides is 15. The average Bonchev–Trinajstić information content (AvgIpc) is 1.67. The van der Waals surface area contributed by atoms with Crippen molar-refractivity contribution in [2.75, 3.05) is 65.4 Å². The van der Waals surface area contributed by atoms with Gasteiger partial charge in [-0.15, -0.1) is 0 Å². The second-order valence-corrected chi connectivity index (χ2v) is 25.4. The number of carbonyl (C=O) groups excluding carboxylic acids is 15. The monoisotopic (exact) mass is 1440 g/mol. The Bertz CT molecular complexity index is 3360. The molecular weight excluding hydrogens is 1340 g/mol. The molecule has 3 aliphatic heterocycles. The van der Waals surface area contributed by atoms with E-state index < -0.39 is 207 Å². The van der Waals surface area contributed by atoms with Crippen LogP contribution in [0.5, 0.6) is 0 Å². The number of hydrogen-bond acceptors (Lipinski definition) is 20. The number of fused-ring (bicyclic) bond motifs is 1. The number of primary amides is 1. The molecular formula is C64H97N19O19. The molecule has 38 heteroatoms. The Balaban J connectivity index is 1.18. The predicted molar refractivity (Wildman–Crippen MR) is 361 cm³/mol. The van der Waals surface area contributed by atoms with E-state index in [1.54, 1.807) is 38.2 Å². The van der Waals surface area contributed by atoms with E-state index in [2.05, 4.69) is 74.1 Å². The van der Waals surface area contributed by atoms with Crippen LogP contribution in [0, 0.1) is 5.92 Å². The highest BCUT2D eigenvalue weighted by Crippen LogP contribution is 2.23. The van der Waals surface area contributed by atoms with Crippen LogP contribution in [0.15, 0.2) is 30.5 Å². The van der Waals surface area contributed by atoms with E-state index in [0.717, 1.165) is 22.2 Å². The van der Waals surface area contributed by atoms with Crippen LogP contribution in [-0.4, -0.2) is 251 Å². The number of unbranched alkanes of at least 4 members (excludes halogenated alkanes) is 2. The molecule has 1 aromatic heterocycles. The van der Waals surface area contributed by atoms with E-state index in [1.807, 2.05) is 6.07 Å². The van der Waals surface area contributed by atoms with Crippen LogP contribution in [0.3, 0.4) is 0 Å². The summed E-state index contributed by atoms with van der Waals surface area (Å²) < 4.78 is 0. The summed E-state index contributed by atoms with van der Waals surface area (Å²) in [5.41, 5.74) is 18.1. The van der Waals surface area contributed by atoms with Gasteiger partial charge in [0.05, 0.1) is 45.1 Å². The number of benzene rings is 1. The lowest BCUT2D eigenvalue weighted by atomic mass is 10.0. The van der Waals surface area contributed by atoms with E-state index in [1.165, 1.54) is 11.8 Å². The number of aromatic nitrogens is 1. The summed E-state index contributed by atoms with van der Waals surface area (Å²) in [7, 11) is 0. The molecule has 3 saturated heterocycles. The number of hydrogen-bond donors (Lipinski definition) is 19. The molecule has 22 N–H and O–H groups in total. The number of nitrogens with two attached hydrogens (primary N) is 3. The highest BCUT2D eigenvalue weighted by atomic mass is 16.4. The smallest absolute Gasteiger partial charge is 0.322 e. The van der Waals surface area contributed by atoms with Gasteiger partial charge in [0.2, 0.25) is 88.6 Å². The number of likely N-dealkylation sites (tertiary alicyclic amines) is 2. The lowest BCUT2D eigenvalue weighted by molar-refractivity contribution is -0.141. The van der Waals surface area contributed by atoms with Crippen molar-refractivity contribution in [1.82, 2.24) is 83.9 Å². The lowest BCUT2D eigenvalue weighted by Gasteiger charge is -2.28. The SMILES string of the molecule is CC(NC(=O)C1CCCN1)C(=O)NCC(=O)N1CCCC1C(=O)NC(Cc1c[nH]c2ccccc12)C(=O)NCC(=O)N1CCCC1C(=O)NC(CC(N)=O)C(=O)NCC(=O)NC(CCCCN)C(=O)NC(CC(=O)O)C(=O)NCC(=O)NC(CCCCN)C(=O)NC(C(=O)NCC(=O)O)C(C)C. The number of para-hydroxylation sites is 1. The molecule has 5 rings (SSSR count). The van der Waals surface area contributed by atoms with Crippen LogP contribution in [0.4, 0.5) is 0 Å². The van der Waals surface area contributed by atoms with Gasteiger partial charge in [0.1, 0.15) is 60.9 Å². The van der Waals surface area contributed by atoms with Crippen molar-refractivity contribution in [3.63, 3.8) is 0 Å². The number of aromatic amines is 1. The van der Waals surface area contributed by atoms with E-state index in [4.69, 9.17) is 22.3 Å². The Morgan fingerprint density at radius 2 is 1.01 bits per heavy atom. The van der Waals surface area contributed by atoms with Gasteiger partial charge in [-0.2, -0.15) is 0 Å². The molecule has 3 fully saturated rings. The van der Waals surface area contributed by atoms with Crippen LogP contribution in [0.1, 0.15) is 116 Å². The zero-order valence-corrected chi connectivity index (χ0v) is 57.4. The molecule has 102 heavy (non-hydrogen) atoms. The standard InChI is InChI=1S/C64H97N19O19/c1-34(2)54(64(102)74-33-53(91)92)81-61(99)41(16-7-9-21-66)77-49(86)30-71-58(96)44(27-52(89)90)78-60(98)40(15-6-8-20-65)76-48(85)29-70-57(95)43(26-47(67)84)80-63(101)46-19-12-24-83(46)51(88)32-73-56(94)42(25-36-28-69-38-14-5-4-13-37(36)38)79-62(100)45-18-11-23-82(45)50(87)31-72-55(93)35(3)75-59(97)39-17-10-22-68-39/h4-5,13-14,28,34-35,39-46,54,68-69H,6-12,15-27,29-33,65-66H2,1-3H3,(H2,67,84)(H,70,95)(H,71,96)(H,72,93)(H,73,94)(H,74,102)(H,75,97)(H,76,85)(H,77,86)(H,78,98)(H,79,100)(H,80,101)(H,81,99)(H,89,90)(H,91,92). The van der Waals surface area contributed by atoms with Crippen LogP contribution in [0.2, 0.25) is 0 Å². The Kier molecular flexibility index (Phi) is 33.4. The van der Waals surface area contributed by atoms with Gasteiger partial charge in [0, 0.05) is 36.6 Å². The van der Waals surface area contributed by atoms with E-state index >= 15 is 0 Å². The third-order valence-electron chi connectivity index (χ3n) is 17.2. The molecule has 0 aliphatic carbocycles. The molecule has 0 saturated carbocycles. The van der Waals surface area contributed by atoms with Gasteiger partial charge in [0.15, 0.2) is 0 Å². The first kappa shape index (κ1) is 82.3. The number of H-pyrrole nitrogens is 1. The number of nitrogens with one attached hydrogen (secondary N) is 14. The lowest BCUT2D eigenvalue weighted by Crippen LogP contribution is -2.58. The Morgan fingerprint density at radius 1 is 0.510 bits per heavy atom. The average molecular weight is 1440 g/mol. The Hall–Kier alpha value is -10.4. The molecule has 0 bridgehead atoms. The number of carbonyl (C=O) groups is 17. The fourth-order valence-corrected chi connectivity index (χ4v) is 11.8. The summed E-state index contributed by atoms with van der Waals surface area (Å²) in [4.78, 5) is 230. The summed E-state index contributed by atoms with van der Waals surface area (Å²) in [5.74, 6) is -16.2. The quantitative estimate of drug-likeness (QED) is 0.0275. The van der Waals surface area contributed by atoms with Crippen molar-refractivity contribution in [3.8, 4) is 0 Å². The fraction of sp³-hybridized carbons (Fsp3) is 0.609. The van der Waals surface area contributed by atoms with E-state index in [-0.39, 0.29) is 77.0 Å². The van der Waals surface area contributed by atoms with Crippen LogP contribution < -0.4 is 86.3 Å². The van der Waals surface area contributed by atoms with Gasteiger partial charge >= 0.3 is 11.9 Å². The first-order valence-corrected chi connectivity index (χ1v) is 34.0. The van der Waals surface area contributed by atoms with Crippen LogP contribution in [0.25, 0.3) is 10.9 Å². The molecule has 38 nitrogen and oxygen atoms in total. The second kappa shape index (κ2) is 41.4. The maximum absolute atomic E-state index is 14.2. The van der Waals surface area contributed by atoms with Crippen molar-refractivity contribution >= 4 is 111 Å². The highest BCUT2D eigenvalue weighted by molar-refractivity contribution is 6.00. The summed E-state index contributed by atoms with van der Waals surface area (Å²) >= 11 is 0. The largest absolute Gasteiger partial charge is 0.481 e. The van der Waals surface area contributed by atoms with Gasteiger partial charge in [0.25, 0.3) is 0 Å². The van der Waals surface area contributed by atoms with E-state index in [0.29, 0.717) is 44.2 Å². The molecule has 10 unspecified atom stereocenters. The van der Waals surface area contributed by atoms with Gasteiger partial charge < -0.3 is 111 Å². The molecule has 15 amide bonds. The number of carboxylic acids is 2. The van der Waals surface area contributed by atoms with Gasteiger partial charge in [-0.3, -0.25) is 81.5 Å². The molecule has 4 heterocycles. The summed E-state index contributed by atoms with van der Waals surface area (Å²) in [6, 6.07) is -5.44. The molecule has 562 valence electrons. The summed E-state index contributed by atoms with van der Waals surface area (Å²) in [6.45, 7) is 2.23. The first-order valence-electron chi connectivity index (χ1n) is 34.0. The van der Waals surface area contributed by atoms with Crippen LogP contribution >= 0.6 is 0 Å². The maximum Gasteiger partial charge on any atom is 0.322 e. The number of carboxylic acid groups (broad SMARTS) is 2. The Labute approximate surface area is 587 Å². The number of nitrogens with zero attached hydrogens (tertiary/aromatic N) is 2. The summed E-state index contributed by atoms with van der Waals surface area (Å²) in [5, 5.41) is 51.6. The number of rotatable bonds is 42. The summed E-state index contributed by atoms with van der Waals surface area (Å²) in [6.07, 6.45) is 3.29. The maximum atomic E-state index is 14.2. The van der Waals surface area contributed by atoms with Gasteiger partial charge in [-0.1, -0.05) is 32.0 Å². The Morgan fingerprint density at radius 3 is 1.52 bits per heavy atom. The van der Waals surface area contributed by atoms with E-state index in [9.17, 15) is 86.6 Å². The minimum Gasteiger partial charge on any atom is -0.481 e. The fourth-order valence-electron chi connectivity index (χ4n) is 11.8. The zero-order valence-electron chi connectivity index (χ0n) is 57.4. The molecule has 10 atom stereocenters. The topological polar surface area (TPSA) is 587 Å². The molecule has 2 aromatic rings. The second-order valence-electron chi connectivity index (χ2n) is 25.4. The van der Waals surface area contributed by atoms with Gasteiger partial charge in [-0.05, 0) is 121 Å². The van der Waals surface area contributed by atoms with Crippen LogP contribution in [-0.2, 0) is 87.9 Å². The van der Waals surface area contributed by atoms with Crippen molar-refractivity contribution in [2.45, 2.75) is 178 Å². The minimum absolute atomic E-state index is 0.00831. The van der Waals surface area contributed by atoms with Gasteiger partial charge in [-0.25, -0.2) is 0 Å². The zero-order chi connectivity index (χ0) is 75.2. The normalized spacial score (nSPS) is 17.6. The molecule has 0 spiro atoms. The third-order valence-corrected chi connectivity index (χ3v) is 17.2. The molecule has 1 aromatic carbocycles. The van der Waals surface area contributed by atoms with Crippen molar-refractivity contribution in [1.29, 1.82) is 0 Å². The molecule has 3 aliphatic rings. The van der Waals surface area contributed by atoms with Crippen molar-refractivity contribution < 1.29 is 91.7 Å². The predicted octanol–water partition coefficient (Wildman–Crippen LogP) is -7.21. The first-order chi connectivity index (χ1) is 48.5. The third kappa shape index (κ3) is 26.3. The molecule has 0 radical (unpaired) electrons. The number of aliphatic carboxylic acids is 2. The van der Waals surface area contributed by atoms with Crippen molar-refractivity contribution in [2.24, 2.45) is 23.1 Å². The highest BCUT2D eigenvalue weighted by Gasteiger charge is 2.40. The minimum atomic E-state index is -1.87.